The monoisotopic (exact) mass is 631 g/mol. The maximum Gasteiger partial charge on any atom is 0.330 e. The average Bonchev–Trinajstić information content (AvgIpc) is 3.28. The van der Waals surface area contributed by atoms with Crippen LogP contribution in [0.1, 0.15) is 67.8 Å². The standard InChI is InChI=1S/C35H41N3O8/c1-21(39)37-26-16-14-23-19-29(44-2)33(45-3)34(46-4)31(23)24-15-17-27(28(40)20-25(24)26)36-18-10-6-9-13-30(41)38-32(35(42)43)22-11-7-5-8-12-22/h5,7-8,11-12,15,17,19-20,26,32H,6,9-10,13-14,16,18H2,1-4H3,(H,36,40)(H,37,39)(H,38,41)(H,42,43)/t26-,32-/m1/s1. The number of fused-ring (bicyclic) bond motifs is 3. The van der Waals surface area contributed by atoms with E-state index in [1.807, 2.05) is 12.1 Å². The Balaban J connectivity index is 1.48. The summed E-state index contributed by atoms with van der Waals surface area (Å²) in [6, 6.07) is 14.2. The van der Waals surface area contributed by atoms with Gasteiger partial charge in [-0.2, -0.15) is 0 Å². The predicted octanol–water partition coefficient (Wildman–Crippen LogP) is 4.78. The van der Waals surface area contributed by atoms with E-state index in [2.05, 4.69) is 16.0 Å². The van der Waals surface area contributed by atoms with Crippen LogP contribution in [-0.4, -0.2) is 50.8 Å². The number of carbonyl (C=O) groups is 3. The van der Waals surface area contributed by atoms with E-state index < -0.39 is 18.1 Å². The number of rotatable bonds is 14. The van der Waals surface area contributed by atoms with Crippen LogP contribution in [0.2, 0.25) is 0 Å². The number of aryl methyl sites for hydroxylation is 1. The Morgan fingerprint density at radius 1 is 0.935 bits per heavy atom. The number of aliphatic carboxylic acids is 1. The second-order valence-electron chi connectivity index (χ2n) is 11.1. The lowest BCUT2D eigenvalue weighted by Gasteiger charge is -2.19. The van der Waals surface area contributed by atoms with Crippen molar-refractivity contribution in [3.05, 3.63) is 81.5 Å². The molecule has 4 rings (SSSR count). The van der Waals surface area contributed by atoms with E-state index in [9.17, 15) is 24.3 Å². The van der Waals surface area contributed by atoms with Crippen molar-refractivity contribution in [2.75, 3.05) is 33.2 Å². The second kappa shape index (κ2) is 15.8. The minimum absolute atomic E-state index is 0.191. The fraction of sp³-hybridized carbons (Fsp3) is 0.371. The van der Waals surface area contributed by atoms with Crippen molar-refractivity contribution in [3.63, 3.8) is 0 Å². The largest absolute Gasteiger partial charge is 0.493 e. The van der Waals surface area contributed by atoms with Crippen LogP contribution in [0.3, 0.4) is 0 Å². The number of benzene rings is 2. The minimum Gasteiger partial charge on any atom is -0.493 e. The number of carbonyl (C=O) groups excluding carboxylic acids is 2. The quantitative estimate of drug-likeness (QED) is 0.184. The molecule has 0 unspecified atom stereocenters. The molecule has 2 amide bonds. The van der Waals surface area contributed by atoms with Gasteiger partial charge in [-0.1, -0.05) is 42.8 Å². The highest BCUT2D eigenvalue weighted by Gasteiger charge is 2.29. The van der Waals surface area contributed by atoms with E-state index in [0.29, 0.717) is 72.7 Å². The lowest BCUT2D eigenvalue weighted by Crippen LogP contribution is -2.33. The predicted molar refractivity (Wildman–Crippen MR) is 175 cm³/mol. The van der Waals surface area contributed by atoms with Crippen LogP contribution in [0.25, 0.3) is 11.1 Å². The van der Waals surface area contributed by atoms with Gasteiger partial charge in [0.05, 0.1) is 33.1 Å². The van der Waals surface area contributed by atoms with Gasteiger partial charge in [-0.15, -0.1) is 0 Å². The van der Waals surface area contributed by atoms with Gasteiger partial charge in [0.2, 0.25) is 23.0 Å². The fourth-order valence-corrected chi connectivity index (χ4v) is 5.83. The number of carboxylic acid groups (broad SMARTS) is 1. The van der Waals surface area contributed by atoms with Crippen molar-refractivity contribution in [2.45, 2.75) is 57.5 Å². The van der Waals surface area contributed by atoms with Gasteiger partial charge >= 0.3 is 5.97 Å². The number of unbranched alkanes of at least 4 members (excludes halogenated alkanes) is 2. The van der Waals surface area contributed by atoms with Crippen LogP contribution in [-0.2, 0) is 20.8 Å². The molecular weight excluding hydrogens is 590 g/mol. The molecule has 0 aromatic heterocycles. The highest BCUT2D eigenvalue weighted by Crippen LogP contribution is 2.50. The molecule has 2 atom stereocenters. The van der Waals surface area contributed by atoms with Crippen LogP contribution in [0.4, 0.5) is 5.69 Å². The topological polar surface area (TPSA) is 152 Å². The molecule has 46 heavy (non-hydrogen) atoms. The van der Waals surface area contributed by atoms with E-state index in [1.54, 1.807) is 56.7 Å². The Bertz CT molecular complexity index is 1630. The zero-order valence-corrected chi connectivity index (χ0v) is 26.6. The normalized spacial score (nSPS) is 14.0. The molecule has 0 aliphatic heterocycles. The summed E-state index contributed by atoms with van der Waals surface area (Å²) in [4.78, 5) is 49.7. The van der Waals surface area contributed by atoms with Crippen LogP contribution < -0.4 is 35.6 Å². The lowest BCUT2D eigenvalue weighted by atomic mass is 9.95. The molecule has 0 saturated heterocycles. The van der Waals surface area contributed by atoms with E-state index in [0.717, 1.165) is 16.7 Å². The SMILES string of the molecule is COc1cc2c(c(OC)c1OC)-c1ccc(NCCCCCC(=O)N[C@@H](C(=O)O)c3ccccc3)c(=O)cc1[C@H](NC(C)=O)CC2. The van der Waals surface area contributed by atoms with E-state index in [-0.39, 0.29) is 23.7 Å². The molecule has 3 aromatic rings. The number of hydrogen-bond acceptors (Lipinski definition) is 8. The highest BCUT2D eigenvalue weighted by molar-refractivity contribution is 5.85. The van der Waals surface area contributed by atoms with Gasteiger partial charge in [-0.05, 0) is 66.1 Å². The number of hydrogen-bond donors (Lipinski definition) is 4. The van der Waals surface area contributed by atoms with Crippen LogP contribution in [0.15, 0.2) is 59.4 Å². The number of methoxy groups -OCH3 is 3. The molecule has 0 saturated carbocycles. The van der Waals surface area contributed by atoms with Crippen molar-refractivity contribution in [3.8, 4) is 28.4 Å². The molecule has 244 valence electrons. The van der Waals surface area contributed by atoms with Crippen LogP contribution in [0.5, 0.6) is 17.2 Å². The van der Waals surface area contributed by atoms with Gasteiger partial charge in [0.25, 0.3) is 0 Å². The molecule has 0 fully saturated rings. The molecule has 3 aromatic carbocycles. The summed E-state index contributed by atoms with van der Waals surface area (Å²) in [7, 11) is 4.66. The summed E-state index contributed by atoms with van der Waals surface area (Å²) in [5.41, 5.74) is 3.84. The van der Waals surface area contributed by atoms with Crippen molar-refractivity contribution in [1.29, 1.82) is 0 Å². The number of carboxylic acids is 1. The van der Waals surface area contributed by atoms with Crippen molar-refractivity contribution < 1.29 is 33.7 Å². The Morgan fingerprint density at radius 3 is 2.33 bits per heavy atom. The Labute approximate surface area is 268 Å². The van der Waals surface area contributed by atoms with Gasteiger partial charge in [0.1, 0.15) is 0 Å². The molecule has 4 N–H and O–H groups in total. The van der Waals surface area contributed by atoms with Crippen LogP contribution >= 0.6 is 0 Å². The van der Waals surface area contributed by atoms with Gasteiger partial charge in [0.15, 0.2) is 17.5 Å². The van der Waals surface area contributed by atoms with Crippen molar-refractivity contribution >= 4 is 23.5 Å². The number of nitrogens with one attached hydrogen (secondary N) is 3. The first-order chi connectivity index (χ1) is 22.2. The molecule has 1 aliphatic carbocycles. The van der Waals surface area contributed by atoms with E-state index in [1.165, 1.54) is 14.0 Å². The maximum absolute atomic E-state index is 13.5. The zero-order valence-electron chi connectivity index (χ0n) is 26.6. The summed E-state index contributed by atoms with van der Waals surface area (Å²) in [5.74, 6) is -0.200. The summed E-state index contributed by atoms with van der Waals surface area (Å²) in [5, 5.41) is 18.4. The number of amides is 2. The minimum atomic E-state index is -1.12. The molecule has 0 radical (unpaired) electrons. The van der Waals surface area contributed by atoms with Gasteiger partial charge in [-0.25, -0.2) is 4.79 Å². The Morgan fingerprint density at radius 2 is 1.67 bits per heavy atom. The molecule has 0 heterocycles. The number of ether oxygens (including phenoxy) is 3. The van der Waals surface area contributed by atoms with Gasteiger partial charge < -0.3 is 35.3 Å². The van der Waals surface area contributed by atoms with Crippen molar-refractivity contribution in [1.82, 2.24) is 10.6 Å². The van der Waals surface area contributed by atoms with E-state index in [4.69, 9.17) is 14.2 Å². The third-order valence-electron chi connectivity index (χ3n) is 8.00. The summed E-state index contributed by atoms with van der Waals surface area (Å²) < 4.78 is 17.0. The molecule has 1 aliphatic rings. The Kier molecular flexibility index (Phi) is 11.6. The van der Waals surface area contributed by atoms with Crippen molar-refractivity contribution in [2.24, 2.45) is 0 Å². The fourth-order valence-electron chi connectivity index (χ4n) is 5.83. The highest BCUT2D eigenvalue weighted by atomic mass is 16.5. The molecule has 11 nitrogen and oxygen atoms in total. The maximum atomic E-state index is 13.5. The van der Waals surface area contributed by atoms with E-state index >= 15 is 0 Å². The molecule has 0 spiro atoms. The first kappa shape index (κ1) is 33.8. The zero-order chi connectivity index (χ0) is 33.2. The molecule has 0 bridgehead atoms. The second-order valence-corrected chi connectivity index (χ2v) is 11.1. The van der Waals surface area contributed by atoms with Gasteiger partial charge in [0, 0.05) is 25.5 Å². The first-order valence-electron chi connectivity index (χ1n) is 15.3. The third-order valence-corrected chi connectivity index (χ3v) is 8.00. The summed E-state index contributed by atoms with van der Waals surface area (Å²) in [6.45, 7) is 1.95. The summed E-state index contributed by atoms with van der Waals surface area (Å²) in [6.07, 6.45) is 3.32. The average molecular weight is 632 g/mol. The summed E-state index contributed by atoms with van der Waals surface area (Å²) >= 11 is 0. The number of anilines is 1. The van der Waals surface area contributed by atoms with Crippen LogP contribution in [0, 0.1) is 0 Å². The first-order valence-corrected chi connectivity index (χ1v) is 15.3. The van der Waals surface area contributed by atoms with Gasteiger partial charge in [-0.3, -0.25) is 14.4 Å². The lowest BCUT2D eigenvalue weighted by molar-refractivity contribution is -0.142. The third kappa shape index (κ3) is 7.96. The molecular formula is C35H41N3O8. The Hall–Kier alpha value is -5.06. The smallest absolute Gasteiger partial charge is 0.330 e. The molecule has 11 heteroatoms.